The van der Waals surface area contributed by atoms with Crippen LogP contribution < -0.4 is 0 Å². The number of aliphatic hydroxyl groups excluding tert-OH is 1. The van der Waals surface area contributed by atoms with Crippen molar-refractivity contribution in [2.24, 2.45) is 17.8 Å². The Kier molecular flexibility index (Phi) is 7.79. The first-order chi connectivity index (χ1) is 11.7. The second-order valence-electron chi connectivity index (χ2n) is 6.51. The van der Waals surface area contributed by atoms with Crippen molar-refractivity contribution in [3.05, 3.63) is 24.5 Å². The van der Waals surface area contributed by atoms with Crippen molar-refractivity contribution in [2.75, 3.05) is 19.8 Å². The lowest BCUT2D eigenvalue weighted by Crippen LogP contribution is -2.40. The molecule has 0 aromatic carbocycles. The first-order valence-electron chi connectivity index (χ1n) is 9.10. The third-order valence-corrected chi connectivity index (χ3v) is 4.94. The summed E-state index contributed by atoms with van der Waals surface area (Å²) in [4.78, 5) is 12.2. The van der Waals surface area contributed by atoms with Crippen LogP contribution in [0.15, 0.2) is 24.5 Å². The van der Waals surface area contributed by atoms with Gasteiger partial charge in [0.1, 0.15) is 6.61 Å². The molecule has 1 N–H and O–H groups in total. The van der Waals surface area contributed by atoms with E-state index in [1.54, 1.807) is 6.08 Å². The number of ether oxygens (including phenoxy) is 3. The SMILES string of the molecule is C=CCOC(=O)C1=C[C@H](C2CCCC2)[C@@H](CCCO)[C@H](OCC)O1. The van der Waals surface area contributed by atoms with Gasteiger partial charge in [-0.25, -0.2) is 4.79 Å². The predicted molar refractivity (Wildman–Crippen MR) is 91.0 cm³/mol. The second kappa shape index (κ2) is 9.84. The largest absolute Gasteiger partial charge is 0.457 e. The van der Waals surface area contributed by atoms with E-state index in [0.717, 1.165) is 6.42 Å². The third-order valence-electron chi connectivity index (χ3n) is 4.94. The maximum absolute atomic E-state index is 12.2. The van der Waals surface area contributed by atoms with E-state index in [1.165, 1.54) is 25.7 Å². The molecule has 5 heteroatoms. The van der Waals surface area contributed by atoms with Crippen LogP contribution in [0.3, 0.4) is 0 Å². The Bertz CT molecular complexity index is 439. The van der Waals surface area contributed by atoms with Gasteiger partial charge in [0.15, 0.2) is 0 Å². The minimum absolute atomic E-state index is 0.157. The smallest absolute Gasteiger partial charge is 0.373 e. The lowest BCUT2D eigenvalue weighted by Gasteiger charge is -2.39. The Morgan fingerprint density at radius 2 is 2.21 bits per heavy atom. The van der Waals surface area contributed by atoms with Crippen molar-refractivity contribution >= 4 is 5.97 Å². The fourth-order valence-electron chi connectivity index (χ4n) is 3.86. The molecule has 1 aliphatic heterocycles. The summed E-state index contributed by atoms with van der Waals surface area (Å²) < 4.78 is 16.8. The van der Waals surface area contributed by atoms with Crippen LogP contribution >= 0.6 is 0 Å². The van der Waals surface area contributed by atoms with Crippen molar-refractivity contribution in [1.82, 2.24) is 0 Å². The number of esters is 1. The molecule has 1 aliphatic carbocycles. The Morgan fingerprint density at radius 1 is 1.46 bits per heavy atom. The maximum Gasteiger partial charge on any atom is 0.373 e. The zero-order valence-electron chi connectivity index (χ0n) is 14.6. The number of hydrogen-bond acceptors (Lipinski definition) is 5. The first-order valence-corrected chi connectivity index (χ1v) is 9.10. The summed E-state index contributed by atoms with van der Waals surface area (Å²) in [5.74, 6) is 0.741. The average molecular weight is 338 g/mol. The fraction of sp³-hybridized carbons (Fsp3) is 0.737. The first kappa shape index (κ1) is 19.0. The van der Waals surface area contributed by atoms with Crippen LogP contribution in [0.25, 0.3) is 0 Å². The van der Waals surface area contributed by atoms with Gasteiger partial charge in [-0.15, -0.1) is 0 Å². The van der Waals surface area contributed by atoms with Gasteiger partial charge >= 0.3 is 5.97 Å². The summed E-state index contributed by atoms with van der Waals surface area (Å²) in [6.07, 6.45) is 9.38. The van der Waals surface area contributed by atoms with Gasteiger partial charge in [0.25, 0.3) is 0 Å². The third kappa shape index (κ3) is 4.84. The highest BCUT2D eigenvalue weighted by Gasteiger charge is 2.41. The number of rotatable bonds is 9. The molecule has 0 unspecified atom stereocenters. The fourth-order valence-corrected chi connectivity index (χ4v) is 3.86. The minimum atomic E-state index is -0.455. The van der Waals surface area contributed by atoms with Crippen molar-refractivity contribution in [1.29, 1.82) is 0 Å². The quantitative estimate of drug-likeness (QED) is 0.517. The molecular formula is C19H30O5. The van der Waals surface area contributed by atoms with Crippen molar-refractivity contribution in [2.45, 2.75) is 51.7 Å². The highest BCUT2D eigenvalue weighted by atomic mass is 16.7. The summed E-state index contributed by atoms with van der Waals surface area (Å²) >= 11 is 0. The standard InChI is InChI=1S/C19H30O5/c1-3-12-23-18(21)17-13-16(14-8-5-6-9-14)15(10-7-11-20)19(24-17)22-4-2/h3,13-16,19-20H,1,4-12H2,2H3/t15-,16-,19-/m1/s1. The molecule has 1 heterocycles. The van der Waals surface area contributed by atoms with Crippen molar-refractivity contribution in [3.63, 3.8) is 0 Å². The summed E-state index contributed by atoms with van der Waals surface area (Å²) in [5.41, 5.74) is 0. The van der Waals surface area contributed by atoms with Crippen molar-refractivity contribution < 1.29 is 24.1 Å². The van der Waals surface area contributed by atoms with Crippen LogP contribution in [0.5, 0.6) is 0 Å². The lowest BCUT2D eigenvalue weighted by molar-refractivity contribution is -0.183. The zero-order valence-corrected chi connectivity index (χ0v) is 14.6. The molecule has 0 aromatic heterocycles. The molecule has 2 aliphatic rings. The molecule has 3 atom stereocenters. The summed E-state index contributed by atoms with van der Waals surface area (Å²) in [6.45, 7) is 6.33. The monoisotopic (exact) mass is 338 g/mol. The highest BCUT2D eigenvalue weighted by Crippen LogP contribution is 2.43. The van der Waals surface area contributed by atoms with E-state index < -0.39 is 12.3 Å². The molecule has 1 saturated carbocycles. The predicted octanol–water partition coefficient (Wildman–Crippen LogP) is 3.19. The molecular weight excluding hydrogens is 308 g/mol. The zero-order chi connectivity index (χ0) is 17.4. The second-order valence-corrected chi connectivity index (χ2v) is 6.51. The number of hydrogen-bond donors (Lipinski definition) is 1. The van der Waals surface area contributed by atoms with E-state index in [2.05, 4.69) is 6.58 Å². The number of carbonyl (C=O) groups is 1. The Balaban J connectivity index is 2.21. The summed E-state index contributed by atoms with van der Waals surface area (Å²) in [5, 5.41) is 9.22. The normalized spacial score (nSPS) is 27.4. The van der Waals surface area contributed by atoms with Gasteiger partial charge < -0.3 is 19.3 Å². The summed E-state index contributed by atoms with van der Waals surface area (Å²) in [6, 6.07) is 0. The minimum Gasteiger partial charge on any atom is -0.457 e. The molecule has 0 saturated heterocycles. The molecule has 2 rings (SSSR count). The molecule has 1 fully saturated rings. The molecule has 0 radical (unpaired) electrons. The van der Waals surface area contributed by atoms with E-state index in [9.17, 15) is 9.90 Å². The number of allylic oxidation sites excluding steroid dienone is 1. The van der Waals surface area contributed by atoms with Gasteiger partial charge in [-0.3, -0.25) is 0 Å². The van der Waals surface area contributed by atoms with Gasteiger partial charge in [0, 0.05) is 19.1 Å². The van der Waals surface area contributed by atoms with Crippen LogP contribution in [0.2, 0.25) is 0 Å². The Labute approximate surface area is 144 Å². The van der Waals surface area contributed by atoms with E-state index in [0.29, 0.717) is 18.9 Å². The van der Waals surface area contributed by atoms with E-state index >= 15 is 0 Å². The van der Waals surface area contributed by atoms with Crippen LogP contribution in [-0.2, 0) is 19.0 Å². The molecule has 24 heavy (non-hydrogen) atoms. The Hall–Kier alpha value is -1.33. The van der Waals surface area contributed by atoms with Gasteiger partial charge in [-0.1, -0.05) is 25.5 Å². The van der Waals surface area contributed by atoms with Gasteiger partial charge in [-0.05, 0) is 50.5 Å². The average Bonchev–Trinajstić information content (AvgIpc) is 3.12. The van der Waals surface area contributed by atoms with E-state index in [1.807, 2.05) is 13.0 Å². The molecule has 0 amide bonds. The van der Waals surface area contributed by atoms with Gasteiger partial charge in [-0.2, -0.15) is 0 Å². The van der Waals surface area contributed by atoms with Crippen molar-refractivity contribution in [3.8, 4) is 0 Å². The molecule has 136 valence electrons. The van der Waals surface area contributed by atoms with E-state index in [4.69, 9.17) is 14.2 Å². The topological polar surface area (TPSA) is 65.0 Å². The molecule has 0 aromatic rings. The van der Waals surface area contributed by atoms with Crippen LogP contribution in [0.1, 0.15) is 45.4 Å². The van der Waals surface area contributed by atoms with Crippen LogP contribution in [0, 0.1) is 17.8 Å². The van der Waals surface area contributed by atoms with Crippen LogP contribution in [-0.4, -0.2) is 37.2 Å². The van der Waals surface area contributed by atoms with Gasteiger partial charge in [0.2, 0.25) is 12.0 Å². The summed E-state index contributed by atoms with van der Waals surface area (Å²) in [7, 11) is 0. The number of carbonyl (C=O) groups excluding carboxylic acids is 1. The van der Waals surface area contributed by atoms with Crippen LogP contribution in [0.4, 0.5) is 0 Å². The molecule has 5 nitrogen and oxygen atoms in total. The maximum atomic E-state index is 12.2. The Morgan fingerprint density at radius 3 is 2.83 bits per heavy atom. The lowest BCUT2D eigenvalue weighted by atomic mass is 9.76. The molecule has 0 spiro atoms. The number of aliphatic hydroxyl groups is 1. The molecule has 0 bridgehead atoms. The van der Waals surface area contributed by atoms with E-state index in [-0.39, 0.29) is 30.8 Å². The highest BCUT2D eigenvalue weighted by molar-refractivity contribution is 5.86. The van der Waals surface area contributed by atoms with Gasteiger partial charge in [0.05, 0.1) is 0 Å².